The van der Waals surface area contributed by atoms with E-state index < -0.39 is 0 Å². The number of rotatable bonds is 6. The first kappa shape index (κ1) is 16.8. The normalized spacial score (nSPS) is 10.8. The molecule has 0 fully saturated rings. The quantitative estimate of drug-likeness (QED) is 0.651. The predicted octanol–water partition coefficient (Wildman–Crippen LogP) is 4.68. The SMILES string of the molecule is COc1cccc(-n2c(CSCc3ccccc3C)n[nH]c2=S)c1. The Kier molecular flexibility index (Phi) is 5.37. The first-order valence-electron chi connectivity index (χ1n) is 7.62. The molecule has 0 aliphatic carbocycles. The van der Waals surface area contributed by atoms with Gasteiger partial charge in [-0.05, 0) is 42.4 Å². The van der Waals surface area contributed by atoms with Crippen LogP contribution in [0.5, 0.6) is 5.75 Å². The first-order valence-corrected chi connectivity index (χ1v) is 9.18. The summed E-state index contributed by atoms with van der Waals surface area (Å²) in [5.74, 6) is 3.43. The van der Waals surface area contributed by atoms with Crippen molar-refractivity contribution in [3.63, 3.8) is 0 Å². The summed E-state index contributed by atoms with van der Waals surface area (Å²) in [7, 11) is 1.66. The number of hydrogen-bond donors (Lipinski definition) is 1. The van der Waals surface area contributed by atoms with Gasteiger partial charge < -0.3 is 4.74 Å². The van der Waals surface area contributed by atoms with E-state index in [0.29, 0.717) is 4.77 Å². The van der Waals surface area contributed by atoms with Gasteiger partial charge in [0.1, 0.15) is 11.6 Å². The van der Waals surface area contributed by atoms with E-state index in [9.17, 15) is 0 Å². The minimum atomic E-state index is 0.592. The molecule has 0 atom stereocenters. The Morgan fingerprint density at radius 1 is 1.17 bits per heavy atom. The lowest BCUT2D eigenvalue weighted by atomic mass is 10.1. The predicted molar refractivity (Wildman–Crippen MR) is 101 cm³/mol. The topological polar surface area (TPSA) is 42.8 Å². The van der Waals surface area contributed by atoms with E-state index in [2.05, 4.69) is 41.4 Å². The molecule has 1 aromatic heterocycles. The average molecular weight is 358 g/mol. The number of methoxy groups -OCH3 is 1. The van der Waals surface area contributed by atoms with Gasteiger partial charge in [-0.25, -0.2) is 0 Å². The number of aromatic nitrogens is 3. The third-order valence-electron chi connectivity index (χ3n) is 3.80. The van der Waals surface area contributed by atoms with Crippen molar-refractivity contribution in [3.05, 3.63) is 70.3 Å². The molecule has 0 bridgehead atoms. The number of nitrogens with one attached hydrogen (secondary N) is 1. The Hall–Kier alpha value is -2.05. The molecule has 0 aliphatic heterocycles. The third kappa shape index (κ3) is 3.71. The van der Waals surface area contributed by atoms with Crippen LogP contribution in [0, 0.1) is 11.7 Å². The minimum absolute atomic E-state index is 0.592. The number of benzene rings is 2. The Morgan fingerprint density at radius 2 is 2.00 bits per heavy atom. The lowest BCUT2D eigenvalue weighted by Crippen LogP contribution is -2.01. The van der Waals surface area contributed by atoms with Crippen LogP contribution in [-0.4, -0.2) is 21.9 Å². The number of hydrogen-bond acceptors (Lipinski definition) is 4. The minimum Gasteiger partial charge on any atom is -0.497 e. The first-order chi connectivity index (χ1) is 11.7. The van der Waals surface area contributed by atoms with Crippen molar-refractivity contribution in [2.45, 2.75) is 18.4 Å². The molecule has 0 saturated heterocycles. The fraction of sp³-hybridized carbons (Fsp3) is 0.222. The van der Waals surface area contributed by atoms with Gasteiger partial charge in [0.2, 0.25) is 0 Å². The van der Waals surface area contributed by atoms with Gasteiger partial charge in [0.25, 0.3) is 0 Å². The summed E-state index contributed by atoms with van der Waals surface area (Å²) in [6, 6.07) is 16.3. The zero-order chi connectivity index (χ0) is 16.9. The molecule has 3 aromatic rings. The van der Waals surface area contributed by atoms with E-state index in [1.807, 2.05) is 40.6 Å². The molecule has 0 amide bonds. The number of thioether (sulfide) groups is 1. The van der Waals surface area contributed by atoms with Crippen LogP contribution in [0.4, 0.5) is 0 Å². The second-order valence-corrected chi connectivity index (χ2v) is 6.77. The molecule has 0 radical (unpaired) electrons. The van der Waals surface area contributed by atoms with Crippen molar-refractivity contribution in [1.29, 1.82) is 0 Å². The van der Waals surface area contributed by atoms with Crippen LogP contribution in [0.3, 0.4) is 0 Å². The van der Waals surface area contributed by atoms with Gasteiger partial charge in [-0.15, -0.1) is 11.8 Å². The molecule has 3 rings (SSSR count). The Bertz CT molecular complexity index is 886. The average Bonchev–Trinajstić information content (AvgIpc) is 2.97. The molecular weight excluding hydrogens is 338 g/mol. The molecule has 0 saturated carbocycles. The highest BCUT2D eigenvalue weighted by Gasteiger charge is 2.09. The molecule has 124 valence electrons. The summed E-state index contributed by atoms with van der Waals surface area (Å²) in [6.45, 7) is 2.14. The van der Waals surface area contributed by atoms with Gasteiger partial charge in [-0.3, -0.25) is 9.67 Å². The summed E-state index contributed by atoms with van der Waals surface area (Å²) in [5.41, 5.74) is 3.63. The highest BCUT2D eigenvalue weighted by Crippen LogP contribution is 2.22. The maximum atomic E-state index is 5.39. The lowest BCUT2D eigenvalue weighted by molar-refractivity contribution is 0.414. The van der Waals surface area contributed by atoms with E-state index in [1.165, 1.54) is 11.1 Å². The van der Waals surface area contributed by atoms with Gasteiger partial charge in [-0.1, -0.05) is 30.3 Å². The monoisotopic (exact) mass is 357 g/mol. The molecular formula is C18H19N3OS2. The second-order valence-electron chi connectivity index (χ2n) is 5.40. The second kappa shape index (κ2) is 7.68. The molecule has 0 unspecified atom stereocenters. The zero-order valence-electron chi connectivity index (χ0n) is 13.7. The van der Waals surface area contributed by atoms with Gasteiger partial charge in [0, 0.05) is 11.8 Å². The highest BCUT2D eigenvalue weighted by molar-refractivity contribution is 7.97. The summed E-state index contributed by atoms with van der Waals surface area (Å²) < 4.78 is 7.85. The summed E-state index contributed by atoms with van der Waals surface area (Å²) >= 11 is 7.22. The van der Waals surface area contributed by atoms with Crippen LogP contribution in [0.1, 0.15) is 17.0 Å². The molecule has 6 heteroatoms. The van der Waals surface area contributed by atoms with Crippen LogP contribution < -0.4 is 4.74 Å². The van der Waals surface area contributed by atoms with Crippen LogP contribution in [0.25, 0.3) is 5.69 Å². The number of ether oxygens (including phenoxy) is 1. The van der Waals surface area contributed by atoms with Crippen molar-refractivity contribution >= 4 is 24.0 Å². The molecule has 0 aliphatic rings. The van der Waals surface area contributed by atoms with E-state index >= 15 is 0 Å². The van der Waals surface area contributed by atoms with Gasteiger partial charge >= 0.3 is 0 Å². The van der Waals surface area contributed by atoms with Crippen molar-refractivity contribution in [3.8, 4) is 11.4 Å². The molecule has 24 heavy (non-hydrogen) atoms. The van der Waals surface area contributed by atoms with Gasteiger partial charge in [0.15, 0.2) is 4.77 Å². The smallest absolute Gasteiger partial charge is 0.199 e. The number of aromatic amines is 1. The van der Waals surface area contributed by atoms with Crippen molar-refractivity contribution < 1.29 is 4.74 Å². The van der Waals surface area contributed by atoms with Crippen molar-refractivity contribution in [2.24, 2.45) is 0 Å². The Balaban J connectivity index is 1.78. The van der Waals surface area contributed by atoms with Gasteiger partial charge in [-0.2, -0.15) is 5.10 Å². The summed E-state index contributed by atoms with van der Waals surface area (Å²) in [6.07, 6.45) is 0. The van der Waals surface area contributed by atoms with E-state index in [0.717, 1.165) is 28.8 Å². The van der Waals surface area contributed by atoms with Crippen LogP contribution in [0.15, 0.2) is 48.5 Å². The Labute approximate surface area is 150 Å². The van der Waals surface area contributed by atoms with Crippen molar-refractivity contribution in [2.75, 3.05) is 7.11 Å². The molecule has 1 heterocycles. The molecule has 2 aromatic carbocycles. The lowest BCUT2D eigenvalue weighted by Gasteiger charge is -2.09. The maximum Gasteiger partial charge on any atom is 0.199 e. The largest absolute Gasteiger partial charge is 0.497 e. The molecule has 4 nitrogen and oxygen atoms in total. The van der Waals surface area contributed by atoms with E-state index in [-0.39, 0.29) is 0 Å². The molecule has 1 N–H and O–H groups in total. The maximum absolute atomic E-state index is 5.39. The van der Waals surface area contributed by atoms with Gasteiger partial charge in [0.05, 0.1) is 18.6 Å². The number of H-pyrrole nitrogens is 1. The summed E-state index contributed by atoms with van der Waals surface area (Å²) in [5, 5.41) is 7.28. The summed E-state index contributed by atoms with van der Waals surface area (Å²) in [4.78, 5) is 0. The Morgan fingerprint density at radius 3 is 2.79 bits per heavy atom. The fourth-order valence-corrected chi connectivity index (χ4v) is 3.75. The molecule has 0 spiro atoms. The van der Waals surface area contributed by atoms with E-state index in [4.69, 9.17) is 17.0 Å². The number of aryl methyl sites for hydroxylation is 1. The van der Waals surface area contributed by atoms with E-state index in [1.54, 1.807) is 7.11 Å². The standard InChI is InChI=1S/C18H19N3OS2/c1-13-6-3-4-7-14(13)11-24-12-17-19-20-18(23)21(17)15-8-5-9-16(10-15)22-2/h3-10H,11-12H2,1-2H3,(H,20,23). The number of nitrogens with zero attached hydrogens (tertiary/aromatic N) is 2. The van der Waals surface area contributed by atoms with Crippen LogP contribution >= 0.6 is 24.0 Å². The highest BCUT2D eigenvalue weighted by atomic mass is 32.2. The fourth-order valence-electron chi connectivity index (χ4n) is 2.47. The zero-order valence-corrected chi connectivity index (χ0v) is 15.3. The van der Waals surface area contributed by atoms with Crippen LogP contribution in [-0.2, 0) is 11.5 Å². The third-order valence-corrected chi connectivity index (χ3v) is 5.05. The van der Waals surface area contributed by atoms with Crippen molar-refractivity contribution in [1.82, 2.24) is 14.8 Å². The van der Waals surface area contributed by atoms with Crippen LogP contribution in [0.2, 0.25) is 0 Å².